The number of alkyl carbamates (subject to hydrolysis) is 1. The molecule has 2 aromatic rings. The van der Waals surface area contributed by atoms with Gasteiger partial charge in [-0.2, -0.15) is 22.6 Å². The van der Waals surface area contributed by atoms with Gasteiger partial charge < -0.3 is 45.6 Å². The fourth-order valence-electron chi connectivity index (χ4n) is 3.63. The maximum atomic E-state index is 12.2. The van der Waals surface area contributed by atoms with E-state index in [1.807, 2.05) is 27.7 Å². The molecule has 0 spiro atoms. The first-order valence-electron chi connectivity index (χ1n) is 15.6. The second kappa shape index (κ2) is 29.4. The third-order valence-electron chi connectivity index (χ3n) is 5.57. The number of phosphoric acid groups is 1. The van der Waals surface area contributed by atoms with E-state index >= 15 is 0 Å². The molecule has 1 aromatic carbocycles. The van der Waals surface area contributed by atoms with Gasteiger partial charge in [0.05, 0.1) is 32.5 Å². The highest BCUT2D eigenvalue weighted by molar-refractivity contribution is 7.79. The van der Waals surface area contributed by atoms with E-state index in [1.165, 1.54) is 7.11 Å². The largest absolute Gasteiger partial charge is 0.527 e. The third kappa shape index (κ3) is 22.1. The molecule has 0 radical (unpaired) electrons. The minimum absolute atomic E-state index is 0.0140. The summed E-state index contributed by atoms with van der Waals surface area (Å²) in [6.07, 6.45) is 16.6. The van der Waals surface area contributed by atoms with E-state index in [1.54, 1.807) is 51.3 Å². The van der Waals surface area contributed by atoms with Gasteiger partial charge in [0, 0.05) is 5.92 Å². The number of methoxy groups -OCH3 is 1. The van der Waals surface area contributed by atoms with Crippen LogP contribution in [0.2, 0.25) is 0 Å². The number of amides is 1. The molecule has 3 rings (SSSR count). The molecular weight excluding hydrogens is 703 g/mol. The van der Waals surface area contributed by atoms with E-state index in [9.17, 15) is 19.0 Å². The Hall–Kier alpha value is -4.38. The Morgan fingerprint density at radius 2 is 1.69 bits per heavy atom. The van der Waals surface area contributed by atoms with Gasteiger partial charge >= 0.3 is 19.9 Å². The lowest BCUT2D eigenvalue weighted by atomic mass is 10.1. The van der Waals surface area contributed by atoms with E-state index < -0.39 is 32.2 Å². The van der Waals surface area contributed by atoms with Crippen molar-refractivity contribution < 1.29 is 47.0 Å². The van der Waals surface area contributed by atoms with Crippen molar-refractivity contribution >= 4 is 50.0 Å². The number of nitrogens with two attached hydrogens (primary N) is 2. The molecule has 1 aliphatic heterocycles. The van der Waals surface area contributed by atoms with Gasteiger partial charge in [-0.05, 0) is 52.5 Å². The highest BCUT2D eigenvalue weighted by Gasteiger charge is 2.35. The number of ether oxygens (including phenoxy) is 4. The van der Waals surface area contributed by atoms with Crippen molar-refractivity contribution in [1.82, 2.24) is 15.3 Å². The summed E-state index contributed by atoms with van der Waals surface area (Å²) < 4.78 is 42.7. The number of aryl methyl sites for hydroxylation is 1. The summed E-state index contributed by atoms with van der Waals surface area (Å²) in [5.74, 6) is 0.312. The topological polar surface area (TPSA) is 229 Å². The minimum atomic E-state index is -4.29. The van der Waals surface area contributed by atoms with Crippen molar-refractivity contribution in [3.05, 3.63) is 29.8 Å². The van der Waals surface area contributed by atoms with Crippen LogP contribution in [0.15, 0.2) is 24.3 Å². The van der Waals surface area contributed by atoms with Gasteiger partial charge in [0.25, 0.3) is 0 Å². The number of anilines is 3. The van der Waals surface area contributed by atoms with Crippen molar-refractivity contribution in [2.24, 2.45) is 5.92 Å². The first kappa shape index (κ1) is 51.0. The second-order valence-electron chi connectivity index (χ2n) is 9.67. The van der Waals surface area contributed by atoms with Crippen molar-refractivity contribution in [2.45, 2.75) is 73.3 Å². The maximum Gasteiger partial charge on any atom is 0.527 e. The lowest BCUT2D eigenvalue weighted by Crippen LogP contribution is -2.31. The van der Waals surface area contributed by atoms with Gasteiger partial charge in [0.1, 0.15) is 24.2 Å². The first-order valence-corrected chi connectivity index (χ1v) is 18.0. The number of nitrogens with one attached hydrogen (secondary N) is 2. The third-order valence-corrected chi connectivity index (χ3v) is 6.49. The predicted octanol–water partition coefficient (Wildman–Crippen LogP) is 5.07. The van der Waals surface area contributed by atoms with Crippen molar-refractivity contribution in [2.75, 3.05) is 49.9 Å². The predicted molar refractivity (Wildman–Crippen MR) is 203 cm³/mol. The number of carbonyl (C=O) groups is 2. The van der Waals surface area contributed by atoms with Crippen LogP contribution in [0.1, 0.15) is 53.5 Å². The molecule has 1 amide bonds. The molecule has 16 nitrogen and oxygen atoms in total. The smallest absolute Gasteiger partial charge is 0.476 e. The summed E-state index contributed by atoms with van der Waals surface area (Å²) in [6, 6.07) is 6.75. The number of carbonyl (C=O) groups excluding carboxylic acids is 2. The standard InChI is InChI=1S/C19H28N5O6P.C7H13NO4.C2H6.2C2H2.CH4S/c1-4-27-18-15(20)16(23-19(21)24-18)22-17-12(3)9-14(29-17)10-28-31(25,26)30-13-7-5-11(2)6-8-13;1-5(2)12-6(9)4-8-7(10)11-3;4*1-2/h5-8,12,14,17H,4,9-10,20H2,1-3H3,(H,25,26)(H3,21,22,23,24);5H,4H2,1-3H3,(H,8,10);1-2H3;2*1-2H;2H,1H3/t12-,14-,17+;;;;;/m0...../s1. The Balaban J connectivity index is -0.000000967. The molecule has 288 valence electrons. The van der Waals surface area contributed by atoms with E-state index in [0.717, 1.165) is 5.56 Å². The number of hydrogen-bond acceptors (Lipinski definition) is 15. The summed E-state index contributed by atoms with van der Waals surface area (Å²) in [5, 5.41) is 5.30. The summed E-state index contributed by atoms with van der Waals surface area (Å²) >= 11 is 3.53. The molecule has 1 aromatic heterocycles. The number of nitrogens with zero attached hydrogens (tertiary/aromatic N) is 2. The molecule has 2 heterocycles. The summed E-state index contributed by atoms with van der Waals surface area (Å²) in [6.45, 7) is 13.2. The molecule has 7 N–H and O–H groups in total. The van der Waals surface area contributed by atoms with E-state index in [2.05, 4.69) is 63.7 Å². The van der Waals surface area contributed by atoms with Crippen LogP contribution in [-0.4, -0.2) is 78.5 Å². The van der Waals surface area contributed by atoms with Crippen LogP contribution in [-0.2, 0) is 28.1 Å². The maximum absolute atomic E-state index is 12.2. The molecule has 1 aliphatic rings. The first-order chi connectivity index (χ1) is 24.2. The fraction of sp³-hybridized carbons (Fsp3) is 0.515. The zero-order chi connectivity index (χ0) is 40.2. The Morgan fingerprint density at radius 1 is 1.12 bits per heavy atom. The summed E-state index contributed by atoms with van der Waals surface area (Å²) in [7, 11) is -3.07. The lowest BCUT2D eigenvalue weighted by molar-refractivity contribution is -0.146. The van der Waals surface area contributed by atoms with Gasteiger partial charge in [-0.15, -0.1) is 25.7 Å². The van der Waals surface area contributed by atoms with Gasteiger partial charge in [-0.25, -0.2) is 9.36 Å². The Labute approximate surface area is 308 Å². The highest BCUT2D eigenvalue weighted by atomic mass is 32.1. The number of phosphoric ester groups is 1. The second-order valence-corrected chi connectivity index (χ2v) is 11.0. The molecule has 1 unspecified atom stereocenters. The Bertz CT molecular complexity index is 1340. The summed E-state index contributed by atoms with van der Waals surface area (Å²) in [5.41, 5.74) is 13.0. The number of esters is 1. The molecule has 0 aliphatic carbocycles. The number of aromatic nitrogens is 2. The van der Waals surface area contributed by atoms with Crippen LogP contribution < -0.4 is 31.4 Å². The summed E-state index contributed by atoms with van der Waals surface area (Å²) in [4.78, 5) is 39.3. The number of thiol groups is 1. The van der Waals surface area contributed by atoms with Crippen LogP contribution in [0.3, 0.4) is 0 Å². The van der Waals surface area contributed by atoms with Crippen LogP contribution in [0, 0.1) is 38.5 Å². The molecule has 0 saturated carbocycles. The minimum Gasteiger partial charge on any atom is -0.476 e. The van der Waals surface area contributed by atoms with Gasteiger partial charge in [0.2, 0.25) is 11.8 Å². The fourth-order valence-corrected chi connectivity index (χ4v) is 4.43. The molecule has 1 saturated heterocycles. The van der Waals surface area contributed by atoms with Crippen LogP contribution in [0.5, 0.6) is 11.6 Å². The van der Waals surface area contributed by atoms with Gasteiger partial charge in [0.15, 0.2) is 5.82 Å². The number of rotatable bonds is 12. The van der Waals surface area contributed by atoms with Crippen molar-refractivity contribution in [3.8, 4) is 37.3 Å². The van der Waals surface area contributed by atoms with E-state index in [0.29, 0.717) is 18.8 Å². The molecule has 18 heteroatoms. The number of terminal acetylenes is 2. The van der Waals surface area contributed by atoms with Crippen LogP contribution in [0.4, 0.5) is 22.2 Å². The van der Waals surface area contributed by atoms with E-state index in [4.69, 9.17) is 34.7 Å². The van der Waals surface area contributed by atoms with Crippen molar-refractivity contribution in [3.63, 3.8) is 0 Å². The van der Waals surface area contributed by atoms with Gasteiger partial charge in [-0.3, -0.25) is 14.2 Å². The average Bonchev–Trinajstić information content (AvgIpc) is 3.47. The monoisotopic (exact) mass is 758 g/mol. The van der Waals surface area contributed by atoms with E-state index in [-0.39, 0.29) is 48.4 Å². The Morgan fingerprint density at radius 3 is 2.20 bits per heavy atom. The van der Waals surface area contributed by atoms with Crippen molar-refractivity contribution in [1.29, 1.82) is 0 Å². The zero-order valence-corrected chi connectivity index (χ0v) is 32.6. The van der Waals surface area contributed by atoms with Crippen LogP contribution >= 0.6 is 20.5 Å². The van der Waals surface area contributed by atoms with Crippen LogP contribution in [0.25, 0.3) is 0 Å². The quantitative estimate of drug-likeness (QED) is 0.0718. The highest BCUT2D eigenvalue weighted by Crippen LogP contribution is 2.44. The molecule has 4 atom stereocenters. The zero-order valence-electron chi connectivity index (χ0n) is 30.8. The lowest BCUT2D eigenvalue weighted by Gasteiger charge is -2.20. The Kier molecular flexibility index (Phi) is 29.4. The molecule has 51 heavy (non-hydrogen) atoms. The molecule has 0 bridgehead atoms. The molecular formula is C33H55N6O10PS. The van der Waals surface area contributed by atoms with Gasteiger partial charge in [-0.1, -0.05) is 38.5 Å². The number of nitrogen functional groups attached to an aromatic ring is 2. The average molecular weight is 759 g/mol. The normalized spacial score (nSPS) is 16.3. The molecule has 1 fully saturated rings. The number of hydrogen-bond donors (Lipinski definition) is 6. The number of benzene rings is 1. The SMILES string of the molecule is C#C.C#C.CC.CCOc1nc(N)nc(N[C@@H]2O[C@H](COP(=O)(O)Oc3ccc(C)cc3)C[C@@H]2C)c1N.COC(=O)NCC(=O)OC(C)C.CS.